The van der Waals surface area contributed by atoms with E-state index in [0.29, 0.717) is 16.5 Å². The van der Waals surface area contributed by atoms with E-state index in [4.69, 9.17) is 23.1 Å². The zero-order chi connectivity index (χ0) is 14.0. The van der Waals surface area contributed by atoms with Crippen molar-refractivity contribution in [3.8, 4) is 0 Å². The predicted molar refractivity (Wildman–Crippen MR) is 78.6 cm³/mol. The lowest BCUT2D eigenvalue weighted by atomic mass is 9.90. The number of hydrogen-bond donors (Lipinski definition) is 2. The van der Waals surface area contributed by atoms with Crippen molar-refractivity contribution in [3.05, 3.63) is 28.8 Å². The molecule has 1 aliphatic rings. The molecular weight excluding hydrogens is 262 g/mol. The molecule has 0 aromatic heterocycles. The minimum Gasteiger partial charge on any atom is -0.370 e. The van der Waals surface area contributed by atoms with Crippen LogP contribution in [0.1, 0.15) is 30.1 Å². The maximum absolute atomic E-state index is 11.6. The van der Waals surface area contributed by atoms with Gasteiger partial charge in [-0.25, -0.2) is 0 Å². The molecule has 1 aromatic carbocycles. The molecule has 1 aromatic rings. The van der Waals surface area contributed by atoms with Crippen molar-refractivity contribution in [2.45, 2.75) is 25.8 Å². The van der Waals surface area contributed by atoms with Crippen LogP contribution in [0.5, 0.6) is 0 Å². The number of rotatable bonds is 3. The summed E-state index contributed by atoms with van der Waals surface area (Å²) in [5.74, 6) is -0.0445. The number of carbonyl (C=O) groups excluding carboxylic acids is 1. The van der Waals surface area contributed by atoms with Gasteiger partial charge in [-0.15, -0.1) is 0 Å². The van der Waals surface area contributed by atoms with Gasteiger partial charge in [0.2, 0.25) is 0 Å². The molecule has 0 bridgehead atoms. The first kappa shape index (κ1) is 14.2. The molecule has 4 N–H and O–H groups in total. The Balaban J connectivity index is 2.32. The number of hydrogen-bond acceptors (Lipinski definition) is 3. The molecule has 4 nitrogen and oxygen atoms in total. The van der Waals surface area contributed by atoms with E-state index in [1.807, 2.05) is 12.1 Å². The van der Waals surface area contributed by atoms with Crippen LogP contribution in [0.2, 0.25) is 5.02 Å². The maximum atomic E-state index is 11.6. The third kappa shape index (κ3) is 2.85. The van der Waals surface area contributed by atoms with Gasteiger partial charge < -0.3 is 16.4 Å². The van der Waals surface area contributed by atoms with Crippen molar-refractivity contribution < 1.29 is 4.79 Å². The first-order valence-electron chi connectivity index (χ1n) is 6.63. The van der Waals surface area contributed by atoms with E-state index in [1.165, 1.54) is 0 Å². The van der Waals surface area contributed by atoms with Crippen LogP contribution >= 0.6 is 11.6 Å². The smallest absolute Gasteiger partial charge is 0.252 e. The summed E-state index contributed by atoms with van der Waals surface area (Å²) in [6, 6.07) is 5.67. The fraction of sp³-hybridized carbons (Fsp3) is 0.500. The van der Waals surface area contributed by atoms with Crippen molar-refractivity contribution in [2.24, 2.45) is 17.4 Å². The molecule has 104 valence electrons. The molecule has 0 radical (unpaired) electrons. The normalized spacial score (nSPS) is 23.4. The van der Waals surface area contributed by atoms with Crippen LogP contribution in [-0.2, 0) is 0 Å². The zero-order valence-electron chi connectivity index (χ0n) is 11.1. The number of benzene rings is 1. The molecule has 19 heavy (non-hydrogen) atoms. The summed E-state index contributed by atoms with van der Waals surface area (Å²) in [6.07, 6.45) is 1.95. The first-order valence-corrected chi connectivity index (χ1v) is 7.01. The van der Waals surface area contributed by atoms with Gasteiger partial charge in [-0.2, -0.15) is 0 Å². The van der Waals surface area contributed by atoms with E-state index >= 15 is 0 Å². The number of nitrogens with zero attached hydrogens (tertiary/aromatic N) is 1. The van der Waals surface area contributed by atoms with Gasteiger partial charge in [0.15, 0.2) is 0 Å². The lowest BCUT2D eigenvalue weighted by Gasteiger charge is -2.38. The summed E-state index contributed by atoms with van der Waals surface area (Å²) < 4.78 is 0. The molecule has 0 spiro atoms. The van der Waals surface area contributed by atoms with Gasteiger partial charge in [-0.1, -0.05) is 31.0 Å². The van der Waals surface area contributed by atoms with E-state index in [2.05, 4.69) is 11.8 Å². The van der Waals surface area contributed by atoms with E-state index in [9.17, 15) is 4.79 Å². The van der Waals surface area contributed by atoms with Crippen LogP contribution in [0.3, 0.4) is 0 Å². The van der Waals surface area contributed by atoms with Crippen molar-refractivity contribution in [2.75, 3.05) is 18.0 Å². The molecule has 1 amide bonds. The number of halogens is 1. The monoisotopic (exact) mass is 281 g/mol. The highest BCUT2D eigenvalue weighted by molar-refractivity contribution is 6.34. The maximum Gasteiger partial charge on any atom is 0.252 e. The van der Waals surface area contributed by atoms with Gasteiger partial charge in [-0.3, -0.25) is 4.79 Å². The lowest BCUT2D eigenvalue weighted by Crippen LogP contribution is -2.47. The number of amides is 1. The van der Waals surface area contributed by atoms with Crippen LogP contribution in [0.4, 0.5) is 5.69 Å². The lowest BCUT2D eigenvalue weighted by molar-refractivity contribution is 0.100. The molecule has 1 saturated heterocycles. The van der Waals surface area contributed by atoms with Gasteiger partial charge in [0.05, 0.1) is 16.3 Å². The average Bonchev–Trinajstić information content (AvgIpc) is 2.38. The minimum atomic E-state index is -0.483. The van der Waals surface area contributed by atoms with Gasteiger partial charge >= 0.3 is 0 Å². The second kappa shape index (κ2) is 5.80. The first-order chi connectivity index (χ1) is 9.04. The second-order valence-corrected chi connectivity index (χ2v) is 5.47. The van der Waals surface area contributed by atoms with Gasteiger partial charge in [-0.05, 0) is 24.5 Å². The SMILES string of the molecule is CCC1CN(c2cccc(Cl)c2C(N)=O)CCC1N. The van der Waals surface area contributed by atoms with Crippen LogP contribution in [0.15, 0.2) is 18.2 Å². The fourth-order valence-corrected chi connectivity index (χ4v) is 2.98. The quantitative estimate of drug-likeness (QED) is 0.890. The standard InChI is InChI=1S/C14H20ClN3O/c1-2-9-8-18(7-6-11(9)16)12-5-3-4-10(15)13(12)14(17)19/h3-5,9,11H,2,6-8,16H2,1H3,(H2,17,19). The number of carbonyl (C=O) groups is 1. The van der Waals surface area contributed by atoms with Crippen LogP contribution < -0.4 is 16.4 Å². The number of anilines is 1. The summed E-state index contributed by atoms with van der Waals surface area (Å²) in [5, 5.41) is 0.410. The third-order valence-electron chi connectivity index (χ3n) is 3.90. The van der Waals surface area contributed by atoms with E-state index in [1.54, 1.807) is 6.07 Å². The summed E-state index contributed by atoms with van der Waals surface area (Å²) in [5.41, 5.74) is 12.8. The summed E-state index contributed by atoms with van der Waals surface area (Å²) >= 11 is 6.09. The fourth-order valence-electron chi connectivity index (χ4n) is 2.72. The molecule has 2 unspecified atom stereocenters. The predicted octanol–water partition coefficient (Wildman–Crippen LogP) is 2.00. The average molecular weight is 282 g/mol. The minimum absolute atomic E-state index is 0.234. The third-order valence-corrected chi connectivity index (χ3v) is 4.21. The Labute approximate surface area is 118 Å². The van der Waals surface area contributed by atoms with Crippen LogP contribution in [0.25, 0.3) is 0 Å². The van der Waals surface area contributed by atoms with E-state index < -0.39 is 5.91 Å². The highest BCUT2D eigenvalue weighted by Crippen LogP contribution is 2.31. The molecule has 0 saturated carbocycles. The molecule has 0 aliphatic carbocycles. The van der Waals surface area contributed by atoms with Crippen molar-refractivity contribution in [3.63, 3.8) is 0 Å². The topological polar surface area (TPSA) is 72.3 Å². The van der Waals surface area contributed by atoms with Gasteiger partial charge in [0.25, 0.3) is 5.91 Å². The van der Waals surface area contributed by atoms with Crippen LogP contribution in [-0.4, -0.2) is 25.0 Å². The molecule has 2 rings (SSSR count). The number of nitrogens with two attached hydrogens (primary N) is 2. The van der Waals surface area contributed by atoms with E-state index in [-0.39, 0.29) is 6.04 Å². The molecular formula is C14H20ClN3O. The summed E-state index contributed by atoms with van der Waals surface area (Å²) in [4.78, 5) is 13.8. The summed E-state index contributed by atoms with van der Waals surface area (Å²) in [7, 11) is 0. The molecule has 5 heteroatoms. The Kier molecular flexibility index (Phi) is 4.32. The Hall–Kier alpha value is -1.26. The Bertz CT molecular complexity index is 478. The van der Waals surface area contributed by atoms with Crippen molar-refractivity contribution >= 4 is 23.2 Å². The van der Waals surface area contributed by atoms with Crippen molar-refractivity contribution in [1.82, 2.24) is 0 Å². The van der Waals surface area contributed by atoms with Gasteiger partial charge in [0.1, 0.15) is 0 Å². The number of primary amides is 1. The largest absolute Gasteiger partial charge is 0.370 e. The van der Waals surface area contributed by atoms with Crippen LogP contribution in [0, 0.1) is 5.92 Å². The molecule has 2 atom stereocenters. The second-order valence-electron chi connectivity index (χ2n) is 5.07. The van der Waals surface area contributed by atoms with E-state index in [0.717, 1.165) is 31.6 Å². The highest BCUT2D eigenvalue weighted by atomic mass is 35.5. The van der Waals surface area contributed by atoms with Crippen molar-refractivity contribution in [1.29, 1.82) is 0 Å². The molecule has 1 aliphatic heterocycles. The Morgan fingerprint density at radius 2 is 2.26 bits per heavy atom. The molecule has 1 fully saturated rings. The summed E-state index contributed by atoms with van der Waals surface area (Å²) in [6.45, 7) is 3.82. The highest BCUT2D eigenvalue weighted by Gasteiger charge is 2.27. The Morgan fingerprint density at radius 3 is 2.89 bits per heavy atom. The van der Waals surface area contributed by atoms with Gasteiger partial charge in [0, 0.05) is 19.1 Å². The Morgan fingerprint density at radius 1 is 1.53 bits per heavy atom. The zero-order valence-corrected chi connectivity index (χ0v) is 11.9. The molecule has 1 heterocycles. The number of piperidine rings is 1.